The normalized spacial score (nSPS) is 10.8. The molecule has 0 aliphatic heterocycles. The number of hydrogen-bond donors (Lipinski definition) is 2. The van der Waals surface area contributed by atoms with Crippen LogP contribution >= 0.6 is 0 Å². The van der Waals surface area contributed by atoms with Crippen LogP contribution in [0.15, 0.2) is 6.20 Å². The first-order valence-electron chi connectivity index (χ1n) is 7.56. The molecule has 0 saturated carbocycles. The Morgan fingerprint density at radius 3 is 2.67 bits per heavy atom. The van der Waals surface area contributed by atoms with Crippen molar-refractivity contribution >= 4 is 11.6 Å². The fraction of sp³-hybridized carbons (Fsp3) is 0.667. The summed E-state index contributed by atoms with van der Waals surface area (Å²) >= 11 is 0. The molecule has 1 aromatic heterocycles. The van der Waals surface area contributed by atoms with Gasteiger partial charge < -0.3 is 15.3 Å². The van der Waals surface area contributed by atoms with Crippen LogP contribution in [0.1, 0.15) is 56.3 Å². The van der Waals surface area contributed by atoms with E-state index in [4.69, 9.17) is 5.11 Å². The molecule has 1 aromatic rings. The number of carbonyl (C=O) groups excluding carboxylic acids is 1. The summed E-state index contributed by atoms with van der Waals surface area (Å²) in [7, 11) is 0. The van der Waals surface area contributed by atoms with Crippen LogP contribution in [0.25, 0.3) is 0 Å². The lowest BCUT2D eigenvalue weighted by Crippen LogP contribution is -2.33. The Morgan fingerprint density at radius 1 is 1.43 bits per heavy atom. The minimum atomic E-state index is -0.119. The molecule has 6 nitrogen and oxygen atoms in total. The van der Waals surface area contributed by atoms with Crippen molar-refractivity contribution in [1.82, 2.24) is 14.9 Å². The molecule has 0 aromatic carbocycles. The van der Waals surface area contributed by atoms with E-state index in [-0.39, 0.29) is 18.4 Å². The first kappa shape index (κ1) is 17.4. The number of aliphatic hydroxyl groups excluding tert-OH is 1. The fourth-order valence-corrected chi connectivity index (χ4v) is 1.97. The van der Waals surface area contributed by atoms with Gasteiger partial charge in [0, 0.05) is 32.2 Å². The standard InChI is InChI=1S/C15H26N4O2/c1-5-16-12-10-17-14(11(3)4)18-13(12)15(21)19(6-2)8-7-9-20/h10-11,16,20H,5-9H2,1-4H3. The predicted molar refractivity (Wildman–Crippen MR) is 83.6 cm³/mol. The Hall–Kier alpha value is -1.69. The first-order valence-corrected chi connectivity index (χ1v) is 7.56. The van der Waals surface area contributed by atoms with Crippen molar-refractivity contribution in [3.8, 4) is 0 Å². The summed E-state index contributed by atoms with van der Waals surface area (Å²) in [6.45, 7) is 9.78. The summed E-state index contributed by atoms with van der Waals surface area (Å²) in [4.78, 5) is 23.1. The molecular weight excluding hydrogens is 268 g/mol. The molecule has 1 rings (SSSR count). The van der Waals surface area contributed by atoms with Gasteiger partial charge in [0.15, 0.2) is 5.69 Å². The molecule has 0 aliphatic rings. The molecule has 0 unspecified atom stereocenters. The Morgan fingerprint density at radius 2 is 2.14 bits per heavy atom. The predicted octanol–water partition coefficient (Wildman–Crippen LogP) is 1.88. The zero-order chi connectivity index (χ0) is 15.8. The van der Waals surface area contributed by atoms with Gasteiger partial charge in [-0.2, -0.15) is 0 Å². The van der Waals surface area contributed by atoms with Gasteiger partial charge in [-0.05, 0) is 20.3 Å². The number of carbonyl (C=O) groups is 1. The van der Waals surface area contributed by atoms with E-state index >= 15 is 0 Å². The van der Waals surface area contributed by atoms with E-state index in [0.717, 1.165) is 0 Å². The van der Waals surface area contributed by atoms with Gasteiger partial charge in [0.1, 0.15) is 5.82 Å². The molecular formula is C15H26N4O2. The van der Waals surface area contributed by atoms with Crippen molar-refractivity contribution < 1.29 is 9.90 Å². The van der Waals surface area contributed by atoms with E-state index in [9.17, 15) is 4.79 Å². The molecule has 118 valence electrons. The second kappa shape index (κ2) is 8.56. The molecule has 0 bridgehead atoms. The van der Waals surface area contributed by atoms with Gasteiger partial charge in [0.25, 0.3) is 5.91 Å². The molecule has 1 amide bonds. The lowest BCUT2D eigenvalue weighted by atomic mass is 10.2. The van der Waals surface area contributed by atoms with Crippen molar-refractivity contribution in [2.45, 2.75) is 40.0 Å². The minimum Gasteiger partial charge on any atom is -0.396 e. The Labute approximate surface area is 126 Å². The van der Waals surface area contributed by atoms with Crippen molar-refractivity contribution in [2.75, 3.05) is 31.6 Å². The second-order valence-electron chi connectivity index (χ2n) is 5.14. The molecule has 0 saturated heterocycles. The Kier molecular flexibility index (Phi) is 7.08. The third-order valence-corrected chi connectivity index (χ3v) is 3.15. The number of anilines is 1. The topological polar surface area (TPSA) is 78.4 Å². The van der Waals surface area contributed by atoms with Crippen molar-refractivity contribution in [3.05, 3.63) is 17.7 Å². The maximum atomic E-state index is 12.7. The highest BCUT2D eigenvalue weighted by molar-refractivity contribution is 5.97. The van der Waals surface area contributed by atoms with Gasteiger partial charge in [0.2, 0.25) is 0 Å². The molecule has 0 radical (unpaired) electrons. The average molecular weight is 294 g/mol. The zero-order valence-electron chi connectivity index (χ0n) is 13.4. The van der Waals surface area contributed by atoms with Crippen molar-refractivity contribution in [1.29, 1.82) is 0 Å². The van der Waals surface area contributed by atoms with Crippen molar-refractivity contribution in [3.63, 3.8) is 0 Å². The quantitative estimate of drug-likeness (QED) is 0.765. The summed E-state index contributed by atoms with van der Waals surface area (Å²) in [5, 5.41) is 12.1. The van der Waals surface area contributed by atoms with Gasteiger partial charge in [-0.3, -0.25) is 4.79 Å². The average Bonchev–Trinajstić information content (AvgIpc) is 2.48. The van der Waals surface area contributed by atoms with Gasteiger partial charge in [-0.25, -0.2) is 9.97 Å². The van der Waals surface area contributed by atoms with Crippen LogP contribution in [0.5, 0.6) is 0 Å². The van der Waals surface area contributed by atoms with Crippen LogP contribution < -0.4 is 5.32 Å². The van der Waals surface area contributed by atoms with E-state index < -0.39 is 0 Å². The number of nitrogens with zero attached hydrogens (tertiary/aromatic N) is 3. The van der Waals surface area contributed by atoms with E-state index in [1.807, 2.05) is 27.7 Å². The lowest BCUT2D eigenvalue weighted by Gasteiger charge is -2.22. The van der Waals surface area contributed by atoms with E-state index in [1.54, 1.807) is 11.1 Å². The second-order valence-corrected chi connectivity index (χ2v) is 5.14. The minimum absolute atomic E-state index is 0.0743. The Balaban J connectivity index is 3.10. The molecule has 0 spiro atoms. The molecule has 0 aliphatic carbocycles. The number of aromatic nitrogens is 2. The molecule has 6 heteroatoms. The van der Waals surface area contributed by atoms with Gasteiger partial charge in [-0.1, -0.05) is 13.8 Å². The number of hydrogen-bond acceptors (Lipinski definition) is 5. The van der Waals surface area contributed by atoms with Crippen molar-refractivity contribution in [2.24, 2.45) is 0 Å². The Bertz CT molecular complexity index is 463. The third kappa shape index (κ3) is 4.67. The highest BCUT2D eigenvalue weighted by Gasteiger charge is 2.21. The van der Waals surface area contributed by atoms with Crippen LogP contribution in [0.4, 0.5) is 5.69 Å². The lowest BCUT2D eigenvalue weighted by molar-refractivity contribution is 0.0749. The van der Waals surface area contributed by atoms with Crippen LogP contribution in [-0.2, 0) is 0 Å². The maximum absolute atomic E-state index is 12.7. The number of amides is 1. The summed E-state index contributed by atoms with van der Waals surface area (Å²) in [5.74, 6) is 0.712. The van der Waals surface area contributed by atoms with Crippen LogP contribution in [-0.4, -0.2) is 52.1 Å². The SMILES string of the molecule is CCNc1cnc(C(C)C)nc1C(=O)N(CC)CCCO. The number of aliphatic hydroxyl groups is 1. The van der Waals surface area contributed by atoms with E-state index in [1.165, 1.54) is 0 Å². The summed E-state index contributed by atoms with van der Waals surface area (Å²) in [6, 6.07) is 0. The zero-order valence-corrected chi connectivity index (χ0v) is 13.4. The summed E-state index contributed by atoms with van der Waals surface area (Å²) < 4.78 is 0. The molecule has 21 heavy (non-hydrogen) atoms. The van der Waals surface area contributed by atoms with Gasteiger partial charge >= 0.3 is 0 Å². The molecule has 0 atom stereocenters. The highest BCUT2D eigenvalue weighted by atomic mass is 16.3. The molecule has 1 heterocycles. The smallest absolute Gasteiger partial charge is 0.274 e. The summed E-state index contributed by atoms with van der Waals surface area (Å²) in [6.07, 6.45) is 2.25. The van der Waals surface area contributed by atoms with Crippen LogP contribution in [0, 0.1) is 0 Å². The monoisotopic (exact) mass is 294 g/mol. The number of rotatable bonds is 8. The van der Waals surface area contributed by atoms with E-state index in [0.29, 0.717) is 43.3 Å². The first-order chi connectivity index (χ1) is 10.0. The molecule has 0 fully saturated rings. The number of nitrogens with one attached hydrogen (secondary N) is 1. The van der Waals surface area contributed by atoms with E-state index in [2.05, 4.69) is 15.3 Å². The van der Waals surface area contributed by atoms with Gasteiger partial charge in [0.05, 0.1) is 11.9 Å². The van der Waals surface area contributed by atoms with Crippen LogP contribution in [0.3, 0.4) is 0 Å². The van der Waals surface area contributed by atoms with Crippen LogP contribution in [0.2, 0.25) is 0 Å². The highest BCUT2D eigenvalue weighted by Crippen LogP contribution is 2.18. The van der Waals surface area contributed by atoms with Gasteiger partial charge in [-0.15, -0.1) is 0 Å². The maximum Gasteiger partial charge on any atom is 0.274 e. The fourth-order valence-electron chi connectivity index (χ4n) is 1.97. The third-order valence-electron chi connectivity index (χ3n) is 3.15. The summed E-state index contributed by atoms with van der Waals surface area (Å²) in [5.41, 5.74) is 1.07. The molecule has 2 N–H and O–H groups in total. The largest absolute Gasteiger partial charge is 0.396 e.